The zero-order valence-corrected chi connectivity index (χ0v) is 12.2. The Labute approximate surface area is 118 Å². The maximum Gasteiger partial charge on any atom is 0.0663 e. The van der Waals surface area contributed by atoms with E-state index in [0.29, 0.717) is 0 Å². The molecule has 19 heavy (non-hydrogen) atoms. The Hall–Kier alpha value is -1.19. The Morgan fingerprint density at radius 3 is 2.95 bits per heavy atom. The SMILES string of the molecule is Cc1ccncc1C(N)c1cc2c(s1)CCCCC2. The first-order valence-electron chi connectivity index (χ1n) is 7.03. The molecule has 2 aromatic rings. The van der Waals surface area contributed by atoms with Gasteiger partial charge in [0.05, 0.1) is 6.04 Å². The van der Waals surface area contributed by atoms with Crippen LogP contribution in [0.3, 0.4) is 0 Å². The number of nitrogens with two attached hydrogens (primary N) is 1. The Balaban J connectivity index is 1.92. The first kappa shape index (κ1) is 12.8. The number of pyridine rings is 1. The number of rotatable bonds is 2. The van der Waals surface area contributed by atoms with Gasteiger partial charge in [0.2, 0.25) is 0 Å². The molecule has 0 saturated heterocycles. The van der Waals surface area contributed by atoms with Crippen molar-refractivity contribution in [2.24, 2.45) is 5.73 Å². The van der Waals surface area contributed by atoms with Crippen LogP contribution in [0.25, 0.3) is 0 Å². The lowest BCUT2D eigenvalue weighted by atomic mass is 10.0. The third kappa shape index (κ3) is 2.58. The number of hydrogen-bond donors (Lipinski definition) is 1. The van der Waals surface area contributed by atoms with E-state index in [1.807, 2.05) is 29.8 Å². The number of aryl methyl sites for hydroxylation is 3. The van der Waals surface area contributed by atoms with Crippen LogP contribution in [0.2, 0.25) is 0 Å². The predicted molar refractivity (Wildman–Crippen MR) is 80.6 cm³/mol. The summed E-state index contributed by atoms with van der Waals surface area (Å²) in [6.07, 6.45) is 10.2. The molecule has 0 fully saturated rings. The molecule has 0 aliphatic heterocycles. The molecule has 0 bridgehead atoms. The lowest BCUT2D eigenvalue weighted by molar-refractivity contribution is 0.712. The molecular weight excluding hydrogens is 252 g/mol. The molecule has 1 atom stereocenters. The average Bonchev–Trinajstić information content (AvgIpc) is 2.70. The molecule has 0 amide bonds. The molecular formula is C16H20N2S. The smallest absolute Gasteiger partial charge is 0.0663 e. The maximum atomic E-state index is 6.44. The number of nitrogens with zero attached hydrogens (tertiary/aromatic N) is 1. The van der Waals surface area contributed by atoms with E-state index in [1.54, 1.807) is 4.88 Å². The molecule has 2 heterocycles. The summed E-state index contributed by atoms with van der Waals surface area (Å²) < 4.78 is 0. The highest BCUT2D eigenvalue weighted by Crippen LogP contribution is 2.34. The molecule has 0 saturated carbocycles. The molecule has 3 heteroatoms. The zero-order valence-electron chi connectivity index (χ0n) is 11.4. The number of aromatic nitrogens is 1. The van der Waals surface area contributed by atoms with Crippen LogP contribution in [0.15, 0.2) is 24.5 Å². The van der Waals surface area contributed by atoms with Crippen LogP contribution < -0.4 is 5.73 Å². The van der Waals surface area contributed by atoms with E-state index < -0.39 is 0 Å². The third-order valence-electron chi connectivity index (χ3n) is 3.99. The van der Waals surface area contributed by atoms with Crippen molar-refractivity contribution in [3.05, 3.63) is 51.0 Å². The molecule has 0 spiro atoms. The fraction of sp³-hybridized carbons (Fsp3) is 0.438. The summed E-state index contributed by atoms with van der Waals surface area (Å²) in [4.78, 5) is 7.07. The normalized spacial score (nSPS) is 16.7. The number of thiophene rings is 1. The van der Waals surface area contributed by atoms with E-state index in [1.165, 1.54) is 48.1 Å². The summed E-state index contributed by atoms with van der Waals surface area (Å²) in [5.74, 6) is 0. The number of hydrogen-bond acceptors (Lipinski definition) is 3. The maximum absolute atomic E-state index is 6.44. The summed E-state index contributed by atoms with van der Waals surface area (Å²) in [5.41, 5.74) is 10.4. The molecule has 0 radical (unpaired) electrons. The largest absolute Gasteiger partial charge is 0.320 e. The molecule has 3 rings (SSSR count). The van der Waals surface area contributed by atoms with Crippen LogP contribution in [0.1, 0.15) is 51.7 Å². The van der Waals surface area contributed by atoms with Crippen molar-refractivity contribution in [2.45, 2.75) is 45.1 Å². The van der Waals surface area contributed by atoms with Crippen LogP contribution in [0, 0.1) is 6.92 Å². The molecule has 1 unspecified atom stereocenters. The molecule has 2 N–H and O–H groups in total. The predicted octanol–water partition coefficient (Wildman–Crippen LogP) is 3.77. The second-order valence-electron chi connectivity index (χ2n) is 5.37. The van der Waals surface area contributed by atoms with Gasteiger partial charge >= 0.3 is 0 Å². The minimum Gasteiger partial charge on any atom is -0.320 e. The Kier molecular flexibility index (Phi) is 3.67. The van der Waals surface area contributed by atoms with Crippen molar-refractivity contribution in [3.8, 4) is 0 Å². The highest BCUT2D eigenvalue weighted by molar-refractivity contribution is 7.12. The molecule has 1 aliphatic rings. The minimum absolute atomic E-state index is 0.0226. The lowest BCUT2D eigenvalue weighted by Gasteiger charge is -2.12. The molecule has 100 valence electrons. The van der Waals surface area contributed by atoms with Crippen molar-refractivity contribution in [2.75, 3.05) is 0 Å². The molecule has 2 aromatic heterocycles. The Morgan fingerprint density at radius 1 is 1.26 bits per heavy atom. The van der Waals surface area contributed by atoms with Crippen molar-refractivity contribution < 1.29 is 0 Å². The highest BCUT2D eigenvalue weighted by Gasteiger charge is 2.18. The van der Waals surface area contributed by atoms with Gasteiger partial charge in [0, 0.05) is 22.1 Å². The third-order valence-corrected chi connectivity index (χ3v) is 5.31. The van der Waals surface area contributed by atoms with Crippen LogP contribution in [0.4, 0.5) is 0 Å². The van der Waals surface area contributed by atoms with Gasteiger partial charge < -0.3 is 5.73 Å². The summed E-state index contributed by atoms with van der Waals surface area (Å²) in [6.45, 7) is 2.11. The van der Waals surface area contributed by atoms with Crippen LogP contribution in [-0.2, 0) is 12.8 Å². The van der Waals surface area contributed by atoms with Crippen molar-refractivity contribution >= 4 is 11.3 Å². The molecule has 0 aromatic carbocycles. The van der Waals surface area contributed by atoms with Gasteiger partial charge in [0.15, 0.2) is 0 Å². The van der Waals surface area contributed by atoms with Gasteiger partial charge in [-0.1, -0.05) is 6.42 Å². The second kappa shape index (κ2) is 5.43. The Bertz CT molecular complexity index is 550. The molecule has 1 aliphatic carbocycles. The van der Waals surface area contributed by atoms with E-state index in [0.717, 1.165) is 5.56 Å². The number of fused-ring (bicyclic) bond motifs is 1. The fourth-order valence-corrected chi connectivity index (χ4v) is 4.08. The summed E-state index contributed by atoms with van der Waals surface area (Å²) in [5, 5.41) is 0. The van der Waals surface area contributed by atoms with E-state index >= 15 is 0 Å². The van der Waals surface area contributed by atoms with Gasteiger partial charge in [-0.25, -0.2) is 0 Å². The van der Waals surface area contributed by atoms with Crippen LogP contribution >= 0.6 is 11.3 Å². The van der Waals surface area contributed by atoms with Gasteiger partial charge in [0.25, 0.3) is 0 Å². The zero-order chi connectivity index (χ0) is 13.2. The fourth-order valence-electron chi connectivity index (χ4n) is 2.80. The van der Waals surface area contributed by atoms with Gasteiger partial charge in [-0.15, -0.1) is 11.3 Å². The van der Waals surface area contributed by atoms with E-state index in [-0.39, 0.29) is 6.04 Å². The standard InChI is InChI=1S/C16H20N2S/c1-11-7-8-18-10-13(11)16(17)15-9-12-5-3-2-4-6-14(12)19-15/h7-10,16H,2-6,17H2,1H3. The van der Waals surface area contributed by atoms with Crippen molar-refractivity contribution in [1.29, 1.82) is 0 Å². The Morgan fingerprint density at radius 2 is 2.11 bits per heavy atom. The minimum atomic E-state index is -0.0226. The topological polar surface area (TPSA) is 38.9 Å². The highest BCUT2D eigenvalue weighted by atomic mass is 32.1. The van der Waals surface area contributed by atoms with Crippen LogP contribution in [0.5, 0.6) is 0 Å². The first-order chi connectivity index (χ1) is 9.25. The van der Waals surface area contributed by atoms with Gasteiger partial charge in [-0.3, -0.25) is 4.98 Å². The van der Waals surface area contributed by atoms with E-state index in [4.69, 9.17) is 5.73 Å². The van der Waals surface area contributed by atoms with Gasteiger partial charge in [-0.2, -0.15) is 0 Å². The lowest BCUT2D eigenvalue weighted by Crippen LogP contribution is -2.12. The average molecular weight is 272 g/mol. The quantitative estimate of drug-likeness (QED) is 0.845. The second-order valence-corrected chi connectivity index (χ2v) is 6.54. The summed E-state index contributed by atoms with van der Waals surface area (Å²) in [6, 6.07) is 4.35. The first-order valence-corrected chi connectivity index (χ1v) is 7.85. The van der Waals surface area contributed by atoms with E-state index in [9.17, 15) is 0 Å². The van der Waals surface area contributed by atoms with E-state index in [2.05, 4.69) is 18.0 Å². The van der Waals surface area contributed by atoms with Crippen LogP contribution in [-0.4, -0.2) is 4.98 Å². The van der Waals surface area contributed by atoms with Crippen molar-refractivity contribution in [1.82, 2.24) is 4.98 Å². The summed E-state index contributed by atoms with van der Waals surface area (Å²) >= 11 is 1.91. The molecule has 2 nitrogen and oxygen atoms in total. The van der Waals surface area contributed by atoms with Gasteiger partial charge in [-0.05, 0) is 61.4 Å². The van der Waals surface area contributed by atoms with Crippen molar-refractivity contribution in [3.63, 3.8) is 0 Å². The summed E-state index contributed by atoms with van der Waals surface area (Å²) in [7, 11) is 0. The monoisotopic (exact) mass is 272 g/mol. The van der Waals surface area contributed by atoms with Gasteiger partial charge in [0.1, 0.15) is 0 Å².